The molecule has 188 valence electrons. The molecule has 0 bridgehead atoms. The third-order valence-electron chi connectivity index (χ3n) is 7.62. The lowest BCUT2D eigenvalue weighted by Crippen LogP contribution is -2.36. The minimum atomic E-state index is -0.534. The van der Waals surface area contributed by atoms with E-state index >= 15 is 0 Å². The van der Waals surface area contributed by atoms with Gasteiger partial charge in [-0.05, 0) is 55.0 Å². The van der Waals surface area contributed by atoms with E-state index in [1.54, 1.807) is 29.0 Å². The van der Waals surface area contributed by atoms with Crippen LogP contribution in [0.5, 0.6) is 0 Å². The van der Waals surface area contributed by atoms with Gasteiger partial charge in [-0.15, -0.1) is 10.2 Å². The summed E-state index contributed by atoms with van der Waals surface area (Å²) in [7, 11) is 0. The van der Waals surface area contributed by atoms with Crippen molar-refractivity contribution in [2.75, 3.05) is 0 Å². The van der Waals surface area contributed by atoms with Crippen LogP contribution in [0.2, 0.25) is 0 Å². The number of para-hydroxylation sites is 1. The maximum atomic E-state index is 14.9. The molecule has 2 fully saturated rings. The number of hydrogen-bond donors (Lipinski definition) is 1. The summed E-state index contributed by atoms with van der Waals surface area (Å²) in [6.07, 6.45) is 6.98. The molecule has 0 saturated heterocycles. The van der Waals surface area contributed by atoms with Crippen molar-refractivity contribution in [1.82, 2.24) is 35.0 Å². The first-order chi connectivity index (χ1) is 18.5. The summed E-state index contributed by atoms with van der Waals surface area (Å²) in [5.41, 5.74) is 1.78. The predicted molar refractivity (Wildman–Crippen MR) is 134 cm³/mol. The SMILES string of the molecule is O=C(NC1CC12CC(c1nnc(-c3ccccn3)n1-c1ccccc1F)C2)c1cc(F)cc2nccnc12. The van der Waals surface area contributed by atoms with Crippen molar-refractivity contribution in [2.45, 2.75) is 31.2 Å². The molecule has 0 radical (unpaired) electrons. The normalized spacial score (nSPS) is 21.8. The molecule has 2 aliphatic carbocycles. The molecular formula is C28H21F2N7O. The van der Waals surface area contributed by atoms with Crippen molar-refractivity contribution in [3.05, 3.63) is 96.2 Å². The fourth-order valence-corrected chi connectivity index (χ4v) is 5.65. The minimum absolute atomic E-state index is 0.0404. The number of benzene rings is 2. The summed E-state index contributed by atoms with van der Waals surface area (Å²) in [5, 5.41) is 11.9. The summed E-state index contributed by atoms with van der Waals surface area (Å²) in [6, 6.07) is 14.4. The number of carbonyl (C=O) groups is 1. The Kier molecular flexibility index (Phi) is 5.04. The number of amides is 1. The van der Waals surface area contributed by atoms with Gasteiger partial charge in [0.1, 0.15) is 28.7 Å². The fraction of sp³-hybridized carbons (Fsp3) is 0.214. The van der Waals surface area contributed by atoms with E-state index in [1.165, 1.54) is 30.6 Å². The zero-order valence-electron chi connectivity index (χ0n) is 20.1. The third kappa shape index (κ3) is 3.63. The molecule has 5 aromatic rings. The highest BCUT2D eigenvalue weighted by Crippen LogP contribution is 2.66. The number of halogens is 2. The number of carbonyl (C=O) groups excluding carboxylic acids is 1. The van der Waals surface area contributed by atoms with Crippen molar-refractivity contribution in [2.24, 2.45) is 5.41 Å². The molecule has 1 spiro atoms. The average molecular weight is 510 g/mol. The second-order valence-electron chi connectivity index (χ2n) is 9.96. The summed E-state index contributed by atoms with van der Waals surface area (Å²) in [5.74, 6) is -0.0823. The van der Waals surface area contributed by atoms with Crippen LogP contribution in [0.25, 0.3) is 28.2 Å². The van der Waals surface area contributed by atoms with Crippen molar-refractivity contribution in [3.8, 4) is 17.2 Å². The van der Waals surface area contributed by atoms with Crippen LogP contribution in [-0.2, 0) is 0 Å². The van der Waals surface area contributed by atoms with Gasteiger partial charge >= 0.3 is 0 Å². The Hall–Kier alpha value is -4.60. The number of pyridine rings is 1. The minimum Gasteiger partial charge on any atom is -0.349 e. The van der Waals surface area contributed by atoms with Crippen molar-refractivity contribution >= 4 is 16.9 Å². The van der Waals surface area contributed by atoms with E-state index in [-0.39, 0.29) is 34.7 Å². The predicted octanol–water partition coefficient (Wildman–Crippen LogP) is 4.62. The quantitative estimate of drug-likeness (QED) is 0.371. The van der Waals surface area contributed by atoms with Crippen LogP contribution in [0.15, 0.2) is 73.2 Å². The van der Waals surface area contributed by atoms with Crippen LogP contribution in [0.1, 0.15) is 41.4 Å². The van der Waals surface area contributed by atoms with E-state index in [4.69, 9.17) is 0 Å². The maximum absolute atomic E-state index is 14.9. The van der Waals surface area contributed by atoms with Gasteiger partial charge < -0.3 is 5.32 Å². The van der Waals surface area contributed by atoms with Crippen molar-refractivity contribution in [3.63, 3.8) is 0 Å². The lowest BCUT2D eigenvalue weighted by molar-refractivity contribution is 0.0934. The highest BCUT2D eigenvalue weighted by atomic mass is 19.1. The zero-order chi connectivity index (χ0) is 25.9. The van der Waals surface area contributed by atoms with E-state index < -0.39 is 5.82 Å². The van der Waals surface area contributed by atoms with Crippen molar-refractivity contribution < 1.29 is 13.6 Å². The smallest absolute Gasteiger partial charge is 0.253 e. The molecule has 3 aromatic heterocycles. The van der Waals surface area contributed by atoms with Crippen LogP contribution in [0.4, 0.5) is 8.78 Å². The van der Waals surface area contributed by atoms with Gasteiger partial charge in [0.25, 0.3) is 5.91 Å². The largest absolute Gasteiger partial charge is 0.349 e. The first-order valence-electron chi connectivity index (χ1n) is 12.4. The van der Waals surface area contributed by atoms with Crippen LogP contribution < -0.4 is 5.32 Å². The highest BCUT2D eigenvalue weighted by molar-refractivity contribution is 6.05. The Balaban J connectivity index is 1.13. The van der Waals surface area contributed by atoms with Crippen LogP contribution in [0, 0.1) is 17.0 Å². The van der Waals surface area contributed by atoms with Gasteiger partial charge in [0, 0.05) is 36.6 Å². The first-order valence-corrected chi connectivity index (χ1v) is 12.4. The molecule has 1 N–H and O–H groups in total. The molecule has 2 aromatic carbocycles. The third-order valence-corrected chi connectivity index (χ3v) is 7.62. The molecule has 7 rings (SSSR count). The molecule has 0 aliphatic heterocycles. The monoisotopic (exact) mass is 509 g/mol. The lowest BCUT2D eigenvalue weighted by atomic mass is 9.70. The van der Waals surface area contributed by atoms with E-state index in [0.717, 1.165) is 19.3 Å². The number of aromatic nitrogens is 6. The lowest BCUT2D eigenvalue weighted by Gasteiger charge is -2.36. The van der Waals surface area contributed by atoms with Gasteiger partial charge in [0.2, 0.25) is 0 Å². The molecule has 8 nitrogen and oxygen atoms in total. The van der Waals surface area contributed by atoms with E-state index in [2.05, 4.69) is 30.5 Å². The molecule has 10 heteroatoms. The Labute approximate surface area is 215 Å². The summed E-state index contributed by atoms with van der Waals surface area (Å²) in [6.45, 7) is 0. The van der Waals surface area contributed by atoms with E-state index in [0.29, 0.717) is 34.1 Å². The second-order valence-corrected chi connectivity index (χ2v) is 9.96. The molecular weight excluding hydrogens is 488 g/mol. The van der Waals surface area contributed by atoms with E-state index in [9.17, 15) is 13.6 Å². The van der Waals surface area contributed by atoms with Crippen LogP contribution in [0.3, 0.4) is 0 Å². The van der Waals surface area contributed by atoms with Crippen LogP contribution >= 0.6 is 0 Å². The molecule has 1 unspecified atom stereocenters. The Morgan fingerprint density at radius 2 is 1.74 bits per heavy atom. The van der Waals surface area contributed by atoms with E-state index in [1.807, 2.05) is 18.2 Å². The molecule has 38 heavy (non-hydrogen) atoms. The highest BCUT2D eigenvalue weighted by Gasteiger charge is 2.63. The molecule has 1 atom stereocenters. The van der Waals surface area contributed by atoms with Gasteiger partial charge in [-0.25, -0.2) is 8.78 Å². The van der Waals surface area contributed by atoms with Gasteiger partial charge in [0.05, 0.1) is 16.8 Å². The summed E-state index contributed by atoms with van der Waals surface area (Å²) in [4.78, 5) is 25.8. The second kappa shape index (κ2) is 8.47. The zero-order valence-corrected chi connectivity index (χ0v) is 20.1. The van der Waals surface area contributed by atoms with Crippen molar-refractivity contribution in [1.29, 1.82) is 0 Å². The van der Waals surface area contributed by atoms with Gasteiger partial charge in [-0.3, -0.25) is 24.3 Å². The average Bonchev–Trinajstić information content (AvgIpc) is 3.46. The topological polar surface area (TPSA) is 98.5 Å². The Bertz CT molecular complexity index is 1700. The summed E-state index contributed by atoms with van der Waals surface area (Å²) >= 11 is 0. The number of nitrogens with one attached hydrogen (secondary N) is 1. The number of nitrogens with zero attached hydrogens (tertiary/aromatic N) is 6. The Morgan fingerprint density at radius 1 is 0.921 bits per heavy atom. The molecule has 1 amide bonds. The van der Waals surface area contributed by atoms with Gasteiger partial charge in [-0.2, -0.15) is 0 Å². The maximum Gasteiger partial charge on any atom is 0.253 e. The van der Waals surface area contributed by atoms with Crippen LogP contribution in [-0.4, -0.2) is 41.7 Å². The standard InChI is InChI=1S/C28H21F2N7O/c29-17-11-18(24-21(12-17)32-9-10-33-24)27(38)34-23-15-28(23)13-16(14-28)25-35-36-26(20-6-3-4-8-31-20)37(25)22-7-2-1-5-19(22)30/h1-12,16,23H,13-15H2,(H,34,38). The fourth-order valence-electron chi connectivity index (χ4n) is 5.65. The number of hydrogen-bond acceptors (Lipinski definition) is 6. The first kappa shape index (κ1) is 22.6. The molecule has 2 aliphatic rings. The Morgan fingerprint density at radius 3 is 2.55 bits per heavy atom. The molecule has 2 saturated carbocycles. The van der Waals surface area contributed by atoms with Gasteiger partial charge in [-0.1, -0.05) is 18.2 Å². The van der Waals surface area contributed by atoms with Gasteiger partial charge in [0.15, 0.2) is 5.82 Å². The summed E-state index contributed by atoms with van der Waals surface area (Å²) < 4.78 is 30.8. The molecule has 3 heterocycles. The number of fused-ring (bicyclic) bond motifs is 1. The number of rotatable bonds is 5.